The van der Waals surface area contributed by atoms with Crippen LogP contribution in [0.2, 0.25) is 0 Å². The van der Waals surface area contributed by atoms with Crippen LogP contribution in [0, 0.1) is 17.8 Å². The van der Waals surface area contributed by atoms with Gasteiger partial charge < -0.3 is 31.1 Å². The van der Waals surface area contributed by atoms with E-state index >= 15 is 8.78 Å². The normalized spacial score (nSPS) is 40.9. The second kappa shape index (κ2) is 13.7. The van der Waals surface area contributed by atoms with Gasteiger partial charge in [0, 0.05) is 69.0 Å². The maximum atomic E-state index is 16.6. The first kappa shape index (κ1) is 33.1. The summed E-state index contributed by atoms with van der Waals surface area (Å²) in [5.41, 5.74) is 0. The lowest BCUT2D eigenvalue weighted by Crippen LogP contribution is -2.81. The number of halogens is 2. The van der Waals surface area contributed by atoms with Crippen LogP contribution >= 0.6 is 0 Å². The van der Waals surface area contributed by atoms with E-state index in [9.17, 15) is 19.2 Å². The van der Waals surface area contributed by atoms with E-state index in [0.717, 1.165) is 0 Å². The van der Waals surface area contributed by atoms with Crippen molar-refractivity contribution in [3.63, 3.8) is 0 Å². The topological polar surface area (TPSA) is 138 Å². The van der Waals surface area contributed by atoms with Gasteiger partial charge in [0.2, 0.25) is 17.7 Å². The molecule has 2 bridgehead atoms. The molecule has 5 saturated heterocycles. The average molecular weight is 649 g/mol. The zero-order valence-electron chi connectivity index (χ0n) is 26.9. The lowest BCUT2D eigenvalue weighted by Gasteiger charge is -2.59. The Morgan fingerprint density at radius 3 is 2.28 bits per heavy atom. The number of carbonyl (C=O) groups excluding carboxylic acids is 4. The van der Waals surface area contributed by atoms with Gasteiger partial charge in [-0.25, -0.2) is 13.6 Å². The number of nitrogens with zero attached hydrogens (tertiary/aromatic N) is 3. The summed E-state index contributed by atoms with van der Waals surface area (Å²) in [6.45, 7) is 10.3. The standard InChI is InChI=1S/C32H50F2N8O4/c1-4-25(45)40-12-14-41(15-13-40)30-18-16-20(34)28-26-19(33)6-5-7-21(26)36-23(43)8-9-24(44)37-22-10-11-35-27(17(2)3)29(22)42(31(18)38-28)32(46)39-30/h4,17-22,26-31,35,38H,1,5-16H2,2-3H3,(H,36,43)(H,37,44)(H,39,46). The van der Waals surface area contributed by atoms with E-state index in [1.807, 2.05) is 0 Å². The molecule has 1 aliphatic carbocycles. The summed E-state index contributed by atoms with van der Waals surface area (Å²) in [5, 5.41) is 16.4. The van der Waals surface area contributed by atoms with E-state index in [2.05, 4.69) is 51.9 Å². The van der Waals surface area contributed by atoms with Crippen LogP contribution in [-0.4, -0.2) is 126 Å². The molecule has 12 nitrogen and oxygen atoms in total. The van der Waals surface area contributed by atoms with Crippen molar-refractivity contribution in [3.8, 4) is 0 Å². The van der Waals surface area contributed by atoms with Gasteiger partial charge in [-0.1, -0.05) is 20.4 Å². The third-order valence-corrected chi connectivity index (χ3v) is 11.3. The highest BCUT2D eigenvalue weighted by Gasteiger charge is 2.57. The zero-order chi connectivity index (χ0) is 32.7. The summed E-state index contributed by atoms with van der Waals surface area (Å²) in [6.07, 6.45) is -0.656. The van der Waals surface area contributed by atoms with Crippen molar-refractivity contribution in [2.75, 3.05) is 32.7 Å². The van der Waals surface area contributed by atoms with Crippen LogP contribution in [0.5, 0.6) is 0 Å². The smallest absolute Gasteiger partial charge is 0.320 e. The van der Waals surface area contributed by atoms with Gasteiger partial charge in [0.15, 0.2) is 0 Å². The van der Waals surface area contributed by atoms with Crippen LogP contribution in [0.15, 0.2) is 12.7 Å². The minimum Gasteiger partial charge on any atom is -0.353 e. The molecular formula is C32H50F2N8O4. The van der Waals surface area contributed by atoms with Crippen molar-refractivity contribution in [2.45, 2.75) is 114 Å². The van der Waals surface area contributed by atoms with Crippen molar-refractivity contribution in [2.24, 2.45) is 17.8 Å². The van der Waals surface area contributed by atoms with Gasteiger partial charge in [0.1, 0.15) is 12.3 Å². The molecule has 11 unspecified atom stereocenters. The SMILES string of the molecule is C=CC(=O)N1CCN(C2NC(=O)N3C4NC(C(F)CC24)C2C(F)CCCC2NC(=O)CCC(=O)NC2CCNC(C(C)C)C23)CC1. The number of piperazine rings is 1. The fraction of sp³-hybridized carbons (Fsp3) is 0.812. The highest BCUT2D eigenvalue weighted by molar-refractivity contribution is 5.87. The van der Waals surface area contributed by atoms with Crippen molar-refractivity contribution >= 4 is 23.8 Å². The molecule has 6 aliphatic rings. The molecule has 0 aromatic carbocycles. The summed E-state index contributed by atoms with van der Waals surface area (Å²) in [6, 6.07) is -2.87. The predicted octanol–water partition coefficient (Wildman–Crippen LogP) is 0.598. The molecule has 256 valence electrons. The minimum absolute atomic E-state index is 0.0284. The first-order valence-corrected chi connectivity index (χ1v) is 17.2. The highest BCUT2D eigenvalue weighted by Crippen LogP contribution is 2.41. The monoisotopic (exact) mass is 648 g/mol. The van der Waals surface area contributed by atoms with Crippen LogP contribution in [0.25, 0.3) is 0 Å². The Labute approximate surface area is 269 Å². The summed E-state index contributed by atoms with van der Waals surface area (Å²) in [4.78, 5) is 58.5. The fourth-order valence-electron chi connectivity index (χ4n) is 9.07. The Hall–Kier alpha value is -2.84. The molecule has 0 radical (unpaired) electrons. The Kier molecular flexibility index (Phi) is 9.86. The molecule has 6 fully saturated rings. The molecule has 0 aromatic heterocycles. The number of piperidine rings is 2. The van der Waals surface area contributed by atoms with Crippen molar-refractivity contribution < 1.29 is 28.0 Å². The molecule has 0 spiro atoms. The number of alkyl halides is 2. The molecule has 5 aliphatic heterocycles. The van der Waals surface area contributed by atoms with Crippen LogP contribution in [-0.2, 0) is 14.4 Å². The maximum absolute atomic E-state index is 16.6. The predicted molar refractivity (Wildman–Crippen MR) is 167 cm³/mol. The van der Waals surface area contributed by atoms with Gasteiger partial charge in [-0.2, -0.15) is 0 Å². The van der Waals surface area contributed by atoms with E-state index in [4.69, 9.17) is 0 Å². The molecule has 0 aromatic rings. The largest absolute Gasteiger partial charge is 0.353 e. The molecule has 5 N–H and O–H groups in total. The van der Waals surface area contributed by atoms with Crippen LogP contribution in [0.4, 0.5) is 13.6 Å². The van der Waals surface area contributed by atoms with E-state index in [1.165, 1.54) is 6.08 Å². The lowest BCUT2D eigenvalue weighted by atomic mass is 9.72. The van der Waals surface area contributed by atoms with Crippen molar-refractivity contribution in [1.29, 1.82) is 0 Å². The van der Waals surface area contributed by atoms with Crippen LogP contribution < -0.4 is 26.6 Å². The van der Waals surface area contributed by atoms with E-state index in [0.29, 0.717) is 52.0 Å². The fourth-order valence-corrected chi connectivity index (χ4v) is 9.07. The van der Waals surface area contributed by atoms with Crippen LogP contribution in [0.3, 0.4) is 0 Å². The van der Waals surface area contributed by atoms with E-state index in [-0.39, 0.29) is 61.4 Å². The van der Waals surface area contributed by atoms with Crippen molar-refractivity contribution in [1.82, 2.24) is 41.3 Å². The quantitative estimate of drug-likeness (QED) is 0.283. The maximum Gasteiger partial charge on any atom is 0.320 e. The van der Waals surface area contributed by atoms with Gasteiger partial charge in [-0.3, -0.25) is 24.6 Å². The Bertz CT molecular complexity index is 1180. The van der Waals surface area contributed by atoms with Gasteiger partial charge in [0.05, 0.1) is 24.4 Å². The number of amides is 5. The Morgan fingerprint density at radius 2 is 1.61 bits per heavy atom. The third-order valence-electron chi connectivity index (χ3n) is 11.3. The van der Waals surface area contributed by atoms with Gasteiger partial charge >= 0.3 is 6.03 Å². The van der Waals surface area contributed by atoms with E-state index < -0.39 is 60.7 Å². The molecular weight excluding hydrogens is 598 g/mol. The lowest BCUT2D eigenvalue weighted by molar-refractivity contribution is -0.131. The number of nitrogens with one attached hydrogen (secondary N) is 5. The molecule has 11 atom stereocenters. The second-order valence-corrected chi connectivity index (χ2v) is 14.3. The average Bonchev–Trinajstić information content (AvgIpc) is 3.03. The molecule has 5 heterocycles. The second-order valence-electron chi connectivity index (χ2n) is 14.3. The first-order valence-electron chi connectivity index (χ1n) is 17.2. The number of rotatable bonds is 3. The highest BCUT2D eigenvalue weighted by atomic mass is 19.1. The van der Waals surface area contributed by atoms with Crippen LogP contribution in [0.1, 0.15) is 58.8 Å². The summed E-state index contributed by atoms with van der Waals surface area (Å²) in [7, 11) is 0. The van der Waals surface area contributed by atoms with Gasteiger partial charge in [0.25, 0.3) is 0 Å². The van der Waals surface area contributed by atoms with Gasteiger partial charge in [-0.05, 0) is 50.6 Å². The Balaban J connectivity index is 1.39. The molecule has 6 rings (SSSR count). The number of hydrogen-bond acceptors (Lipinski definition) is 7. The first-order chi connectivity index (χ1) is 22.1. The summed E-state index contributed by atoms with van der Waals surface area (Å²) < 4.78 is 32.4. The van der Waals surface area contributed by atoms with Gasteiger partial charge in [-0.15, -0.1) is 0 Å². The third kappa shape index (κ3) is 6.36. The number of fused-ring (bicyclic) bond motifs is 5. The van der Waals surface area contributed by atoms with E-state index in [1.54, 1.807) is 9.80 Å². The number of urea groups is 1. The molecule has 14 heteroatoms. The Morgan fingerprint density at radius 1 is 0.913 bits per heavy atom. The summed E-state index contributed by atoms with van der Waals surface area (Å²) >= 11 is 0. The summed E-state index contributed by atoms with van der Waals surface area (Å²) in [5.74, 6) is -1.88. The molecule has 5 amide bonds. The number of carbonyl (C=O) groups is 4. The zero-order valence-corrected chi connectivity index (χ0v) is 26.9. The van der Waals surface area contributed by atoms with Crippen molar-refractivity contribution in [3.05, 3.63) is 12.7 Å². The molecule has 1 saturated carbocycles. The molecule has 46 heavy (non-hydrogen) atoms. The minimum atomic E-state index is -1.42. The number of hydrogen-bond donors (Lipinski definition) is 5.